The number of carbonyl (C=O) groups is 1. The third-order valence-electron chi connectivity index (χ3n) is 4.13. The number of allylic oxidation sites excluding steroid dienone is 1. The quantitative estimate of drug-likeness (QED) is 0.326. The van der Waals surface area contributed by atoms with Crippen LogP contribution in [-0.4, -0.2) is 27.5 Å². The van der Waals surface area contributed by atoms with E-state index in [4.69, 9.17) is 14.6 Å². The van der Waals surface area contributed by atoms with Gasteiger partial charge < -0.3 is 14.8 Å². The number of para-hydroxylation sites is 1. The summed E-state index contributed by atoms with van der Waals surface area (Å²) >= 11 is 0. The Morgan fingerprint density at radius 1 is 1.17 bits per heavy atom. The second kappa shape index (κ2) is 10.8. The van der Waals surface area contributed by atoms with E-state index in [1.165, 1.54) is 12.1 Å². The van der Waals surface area contributed by atoms with Gasteiger partial charge in [-0.2, -0.15) is 0 Å². The van der Waals surface area contributed by atoms with Gasteiger partial charge in [-0.25, -0.2) is 18.4 Å². The first-order valence-corrected chi connectivity index (χ1v) is 11.2. The molecule has 0 aliphatic rings. The number of primary sulfonamides is 1. The fraction of sp³-hybridized carbons (Fsp3) is 0.318. The maximum absolute atomic E-state index is 12.6. The number of carbonyl (C=O) groups excluding carboxylic acids is 1. The van der Waals surface area contributed by atoms with Crippen molar-refractivity contribution in [3.8, 4) is 11.5 Å². The number of esters is 1. The first-order chi connectivity index (χ1) is 14.2. The Kier molecular flexibility index (Phi) is 8.44. The maximum atomic E-state index is 12.6. The average Bonchev–Trinajstić information content (AvgIpc) is 2.68. The number of unbranched alkanes of at least 4 members (excludes halogenated alkanes) is 1. The molecule has 2 aromatic carbocycles. The number of hydrogen-bond acceptors (Lipinski definition) is 6. The summed E-state index contributed by atoms with van der Waals surface area (Å²) in [6, 6.07) is 11.6. The second-order valence-electron chi connectivity index (χ2n) is 6.96. The highest BCUT2D eigenvalue weighted by molar-refractivity contribution is 7.89. The Balaban J connectivity index is 2.50. The molecule has 0 fully saturated rings. The summed E-state index contributed by atoms with van der Waals surface area (Å²) in [6.45, 7) is 6.46. The SMILES string of the molecule is CCCCNc1cc(C(=O)OCC=C(C)C)c(S(N)(=O)=O)cc1Oc1ccccc1. The van der Waals surface area contributed by atoms with Crippen LogP contribution in [0.2, 0.25) is 0 Å². The van der Waals surface area contributed by atoms with Gasteiger partial charge in [-0.15, -0.1) is 0 Å². The van der Waals surface area contributed by atoms with Gasteiger partial charge in [0.1, 0.15) is 17.3 Å². The molecule has 2 aromatic rings. The van der Waals surface area contributed by atoms with E-state index in [2.05, 4.69) is 12.2 Å². The van der Waals surface area contributed by atoms with Crippen LogP contribution in [0.3, 0.4) is 0 Å². The molecule has 0 unspecified atom stereocenters. The molecule has 3 N–H and O–H groups in total. The van der Waals surface area contributed by atoms with E-state index >= 15 is 0 Å². The Bertz CT molecular complexity index is 998. The van der Waals surface area contributed by atoms with Crippen molar-refractivity contribution in [2.75, 3.05) is 18.5 Å². The summed E-state index contributed by atoms with van der Waals surface area (Å²) in [7, 11) is -4.20. The lowest BCUT2D eigenvalue weighted by atomic mass is 10.1. The minimum atomic E-state index is -4.20. The molecule has 0 aliphatic carbocycles. The van der Waals surface area contributed by atoms with Crippen molar-refractivity contribution in [3.05, 3.63) is 59.7 Å². The Morgan fingerprint density at radius 2 is 1.87 bits per heavy atom. The minimum Gasteiger partial charge on any atom is -0.458 e. The third-order valence-corrected chi connectivity index (χ3v) is 5.08. The minimum absolute atomic E-state index is 0.0338. The first-order valence-electron chi connectivity index (χ1n) is 9.70. The number of anilines is 1. The lowest BCUT2D eigenvalue weighted by molar-refractivity contribution is 0.0544. The van der Waals surface area contributed by atoms with Gasteiger partial charge in [-0.05, 0) is 44.5 Å². The number of nitrogens with two attached hydrogens (primary N) is 1. The van der Waals surface area contributed by atoms with Gasteiger partial charge in [0.2, 0.25) is 10.0 Å². The van der Waals surface area contributed by atoms with Gasteiger partial charge >= 0.3 is 5.97 Å². The van der Waals surface area contributed by atoms with Crippen molar-refractivity contribution >= 4 is 21.7 Å². The van der Waals surface area contributed by atoms with Crippen molar-refractivity contribution in [1.29, 1.82) is 0 Å². The van der Waals surface area contributed by atoms with E-state index in [1.54, 1.807) is 30.3 Å². The van der Waals surface area contributed by atoms with E-state index in [-0.39, 0.29) is 22.8 Å². The standard InChI is InChI=1S/C22H28N2O5S/c1-4-5-12-24-19-14-18(22(25)28-13-11-16(2)3)21(30(23,26)27)15-20(19)29-17-9-7-6-8-10-17/h6-11,14-15,24H,4-5,12-13H2,1-3H3,(H2,23,26,27). The van der Waals surface area contributed by atoms with Crippen LogP contribution < -0.4 is 15.2 Å². The molecular formula is C22H28N2O5S. The molecule has 7 nitrogen and oxygen atoms in total. The Morgan fingerprint density at radius 3 is 2.47 bits per heavy atom. The highest BCUT2D eigenvalue weighted by atomic mass is 32.2. The van der Waals surface area contributed by atoms with E-state index < -0.39 is 16.0 Å². The summed E-state index contributed by atoms with van der Waals surface area (Å²) < 4.78 is 35.5. The van der Waals surface area contributed by atoms with Crippen molar-refractivity contribution in [1.82, 2.24) is 0 Å². The summed E-state index contributed by atoms with van der Waals surface area (Å²) in [4.78, 5) is 12.3. The fourth-order valence-electron chi connectivity index (χ4n) is 2.56. The van der Waals surface area contributed by atoms with Crippen LogP contribution in [0.4, 0.5) is 5.69 Å². The number of sulfonamides is 1. The van der Waals surface area contributed by atoms with Crippen molar-refractivity contribution < 1.29 is 22.7 Å². The Hall–Kier alpha value is -2.84. The molecule has 0 saturated heterocycles. The zero-order valence-electron chi connectivity index (χ0n) is 17.5. The highest BCUT2D eigenvalue weighted by Gasteiger charge is 2.24. The van der Waals surface area contributed by atoms with Gasteiger partial charge in [0.25, 0.3) is 0 Å². The molecule has 162 valence electrons. The molecule has 0 aromatic heterocycles. The predicted octanol–water partition coefficient (Wildman–Crippen LogP) is 4.46. The smallest absolute Gasteiger partial charge is 0.339 e. The van der Waals surface area contributed by atoms with E-state index in [1.807, 2.05) is 19.9 Å². The molecule has 0 bridgehead atoms. The van der Waals surface area contributed by atoms with Crippen molar-refractivity contribution in [3.63, 3.8) is 0 Å². The molecule has 30 heavy (non-hydrogen) atoms. The summed E-state index contributed by atoms with van der Waals surface area (Å²) in [6.07, 6.45) is 3.58. The molecule has 0 aliphatic heterocycles. The lowest BCUT2D eigenvalue weighted by Crippen LogP contribution is -2.19. The molecule has 0 atom stereocenters. The summed E-state index contributed by atoms with van der Waals surface area (Å²) in [5, 5.41) is 8.59. The van der Waals surface area contributed by atoms with E-state index in [0.29, 0.717) is 18.0 Å². The van der Waals surface area contributed by atoms with Crippen LogP contribution in [-0.2, 0) is 14.8 Å². The molecule has 0 radical (unpaired) electrons. The van der Waals surface area contributed by atoms with E-state index in [0.717, 1.165) is 18.4 Å². The normalized spacial score (nSPS) is 10.9. The Labute approximate surface area is 177 Å². The number of nitrogens with one attached hydrogen (secondary N) is 1. The molecule has 8 heteroatoms. The predicted molar refractivity (Wildman–Crippen MR) is 117 cm³/mol. The second-order valence-corrected chi connectivity index (χ2v) is 8.49. The maximum Gasteiger partial charge on any atom is 0.339 e. The van der Waals surface area contributed by atoms with Crippen LogP contribution in [0, 0.1) is 0 Å². The molecule has 0 spiro atoms. The largest absolute Gasteiger partial charge is 0.458 e. The number of rotatable bonds is 10. The monoisotopic (exact) mass is 432 g/mol. The van der Waals surface area contributed by atoms with Crippen LogP contribution in [0.25, 0.3) is 0 Å². The number of hydrogen-bond donors (Lipinski definition) is 2. The van der Waals surface area contributed by atoms with Crippen molar-refractivity contribution in [2.24, 2.45) is 5.14 Å². The van der Waals surface area contributed by atoms with Crippen LogP contribution in [0.15, 0.2) is 59.0 Å². The number of benzene rings is 2. The molecule has 0 amide bonds. The molecule has 0 heterocycles. The van der Waals surface area contributed by atoms with Crippen LogP contribution in [0.1, 0.15) is 44.0 Å². The zero-order chi connectivity index (χ0) is 22.1. The molecule has 0 saturated carbocycles. The number of ether oxygens (including phenoxy) is 2. The van der Waals surface area contributed by atoms with E-state index in [9.17, 15) is 13.2 Å². The van der Waals surface area contributed by atoms with Gasteiger partial charge in [-0.1, -0.05) is 37.1 Å². The third kappa shape index (κ3) is 6.89. The van der Waals surface area contributed by atoms with Gasteiger partial charge in [0, 0.05) is 12.6 Å². The van der Waals surface area contributed by atoms with Crippen LogP contribution >= 0.6 is 0 Å². The average molecular weight is 433 g/mol. The summed E-state index contributed by atoms with van der Waals surface area (Å²) in [5.41, 5.74) is 1.32. The topological polar surface area (TPSA) is 108 Å². The first kappa shape index (κ1) is 23.4. The van der Waals surface area contributed by atoms with Gasteiger partial charge in [-0.3, -0.25) is 0 Å². The highest BCUT2D eigenvalue weighted by Crippen LogP contribution is 2.34. The van der Waals surface area contributed by atoms with Crippen molar-refractivity contribution in [2.45, 2.75) is 38.5 Å². The fourth-order valence-corrected chi connectivity index (χ4v) is 3.28. The zero-order valence-corrected chi connectivity index (χ0v) is 18.3. The molecular weight excluding hydrogens is 404 g/mol. The van der Waals surface area contributed by atoms with Gasteiger partial charge in [0.15, 0.2) is 5.75 Å². The van der Waals surface area contributed by atoms with Crippen LogP contribution in [0.5, 0.6) is 11.5 Å². The molecule has 2 rings (SSSR count). The summed E-state index contributed by atoms with van der Waals surface area (Å²) in [5.74, 6) is -0.00111. The lowest BCUT2D eigenvalue weighted by Gasteiger charge is -2.17. The van der Waals surface area contributed by atoms with Gasteiger partial charge in [0.05, 0.1) is 11.3 Å².